The van der Waals surface area contributed by atoms with Crippen LogP contribution >= 0.6 is 24.0 Å². The van der Waals surface area contributed by atoms with Crippen LogP contribution in [0.1, 0.15) is 56.0 Å². The molecule has 0 unspecified atom stereocenters. The topological polar surface area (TPSA) is 71.7 Å². The van der Waals surface area contributed by atoms with Gasteiger partial charge in [-0.05, 0) is 23.6 Å². The Morgan fingerprint density at radius 1 is 0.970 bits per heavy atom. The highest BCUT2D eigenvalue weighted by Crippen LogP contribution is 2.22. The zero-order valence-corrected chi connectivity index (χ0v) is 22.3. The van der Waals surface area contributed by atoms with E-state index in [1.165, 1.54) is 5.56 Å². The van der Waals surface area contributed by atoms with Gasteiger partial charge >= 0.3 is 0 Å². The van der Waals surface area contributed by atoms with Gasteiger partial charge in [0.15, 0.2) is 5.96 Å². The van der Waals surface area contributed by atoms with Crippen molar-refractivity contribution in [1.29, 1.82) is 0 Å². The number of aromatic nitrogens is 1. The predicted molar refractivity (Wildman–Crippen MR) is 144 cm³/mol. The van der Waals surface area contributed by atoms with E-state index < -0.39 is 0 Å². The van der Waals surface area contributed by atoms with Crippen LogP contribution in [0.5, 0.6) is 0 Å². The van der Waals surface area contributed by atoms with Crippen molar-refractivity contribution in [3.05, 3.63) is 89.1 Å². The van der Waals surface area contributed by atoms with Crippen molar-refractivity contribution >= 4 is 29.9 Å². The number of benzene rings is 2. The molecule has 0 saturated heterocycles. The van der Waals surface area contributed by atoms with E-state index >= 15 is 0 Å². The van der Waals surface area contributed by atoms with Crippen LogP contribution in [0.3, 0.4) is 0 Å². The van der Waals surface area contributed by atoms with Crippen molar-refractivity contribution in [2.75, 3.05) is 6.54 Å². The number of oxazole rings is 1. The monoisotopic (exact) mass is 562 g/mol. The van der Waals surface area contributed by atoms with Crippen molar-refractivity contribution in [2.45, 2.75) is 59.4 Å². The first-order valence-corrected chi connectivity index (χ1v) is 11.1. The fourth-order valence-electron chi connectivity index (χ4n) is 3.11. The second-order valence-corrected chi connectivity index (χ2v) is 8.66. The lowest BCUT2D eigenvalue weighted by molar-refractivity contribution is 0.106. The number of nitrogens with one attached hydrogen (secondary N) is 2. The molecule has 0 amide bonds. The van der Waals surface area contributed by atoms with Gasteiger partial charge < -0.3 is 19.8 Å². The van der Waals surface area contributed by atoms with E-state index in [2.05, 4.69) is 60.7 Å². The Bertz CT molecular complexity index is 997. The molecule has 2 N–H and O–H groups in total. The van der Waals surface area contributed by atoms with Crippen LogP contribution in [0.2, 0.25) is 0 Å². The van der Waals surface area contributed by atoms with Crippen molar-refractivity contribution in [3.63, 3.8) is 0 Å². The zero-order chi connectivity index (χ0) is 22.8. The molecule has 0 aliphatic rings. The van der Waals surface area contributed by atoms with Crippen molar-refractivity contribution in [3.8, 4) is 0 Å². The number of guanidine groups is 1. The van der Waals surface area contributed by atoms with Gasteiger partial charge in [0.1, 0.15) is 5.76 Å². The summed E-state index contributed by atoms with van der Waals surface area (Å²) in [5.74, 6) is 2.25. The Hall–Kier alpha value is -2.39. The highest BCUT2D eigenvalue weighted by atomic mass is 127. The molecule has 0 bridgehead atoms. The van der Waals surface area contributed by atoms with Gasteiger partial charge in [-0.15, -0.1) is 24.0 Å². The Morgan fingerprint density at radius 2 is 1.67 bits per heavy atom. The zero-order valence-electron chi connectivity index (χ0n) is 19.9. The van der Waals surface area contributed by atoms with Crippen LogP contribution in [0.4, 0.5) is 0 Å². The number of hydrogen-bond donors (Lipinski definition) is 2. The first-order chi connectivity index (χ1) is 15.5. The number of nitrogens with zero attached hydrogens (tertiary/aromatic N) is 2. The smallest absolute Gasteiger partial charge is 0.213 e. The van der Waals surface area contributed by atoms with Gasteiger partial charge in [0, 0.05) is 12.0 Å². The van der Waals surface area contributed by atoms with E-state index in [0.29, 0.717) is 32.2 Å². The minimum absolute atomic E-state index is 0. The van der Waals surface area contributed by atoms with E-state index in [1.807, 2.05) is 37.3 Å². The molecular weight excluding hydrogens is 527 g/mol. The molecule has 7 heteroatoms. The Balaban J connectivity index is 0.00000385. The number of rotatable bonds is 9. The summed E-state index contributed by atoms with van der Waals surface area (Å²) in [5, 5.41) is 6.59. The lowest BCUT2D eigenvalue weighted by Gasteiger charge is -2.13. The maximum absolute atomic E-state index is 5.94. The van der Waals surface area contributed by atoms with Crippen LogP contribution in [0.25, 0.3) is 0 Å². The average molecular weight is 562 g/mol. The van der Waals surface area contributed by atoms with Crippen LogP contribution in [-0.2, 0) is 36.5 Å². The molecule has 0 aliphatic carbocycles. The van der Waals surface area contributed by atoms with Gasteiger partial charge in [-0.1, -0.05) is 75.4 Å². The number of hydrogen-bond acceptors (Lipinski definition) is 4. The largest absolute Gasteiger partial charge is 0.443 e. The number of halogens is 1. The molecule has 0 spiro atoms. The third-order valence-electron chi connectivity index (χ3n) is 4.94. The summed E-state index contributed by atoms with van der Waals surface area (Å²) in [5.41, 5.74) is 3.40. The molecule has 3 aromatic rings. The third kappa shape index (κ3) is 8.81. The number of ether oxygens (including phenoxy) is 1. The van der Waals surface area contributed by atoms with Crippen molar-refractivity contribution in [1.82, 2.24) is 15.6 Å². The molecule has 0 fully saturated rings. The molecule has 33 heavy (non-hydrogen) atoms. The van der Waals surface area contributed by atoms with E-state index in [-0.39, 0.29) is 29.4 Å². The summed E-state index contributed by atoms with van der Waals surface area (Å²) in [4.78, 5) is 9.13. The van der Waals surface area contributed by atoms with Gasteiger partial charge in [-0.25, -0.2) is 9.98 Å². The fraction of sp³-hybridized carbons (Fsp3) is 0.385. The van der Waals surface area contributed by atoms with E-state index in [9.17, 15) is 0 Å². The van der Waals surface area contributed by atoms with Gasteiger partial charge in [0.25, 0.3) is 0 Å². The van der Waals surface area contributed by atoms with Crippen LogP contribution in [-0.4, -0.2) is 17.5 Å². The highest BCUT2D eigenvalue weighted by Gasteiger charge is 2.19. The average Bonchev–Trinajstić information content (AvgIpc) is 3.27. The standard InChI is InChI=1S/C26H34N4O2.HI/c1-5-27-25(30-17-24-28-16-23(32-24)26(2,3)4)29-15-21-13-9-10-14-22(21)19-31-18-20-11-7-6-8-12-20;/h6-14,16H,5,15,17-19H2,1-4H3,(H2,27,29,30);1H. The van der Waals surface area contributed by atoms with Crippen molar-refractivity contribution < 1.29 is 9.15 Å². The van der Waals surface area contributed by atoms with Crippen molar-refractivity contribution in [2.24, 2.45) is 4.99 Å². The molecule has 0 aliphatic heterocycles. The minimum atomic E-state index is -0.0594. The van der Waals surface area contributed by atoms with Gasteiger partial charge in [0.2, 0.25) is 5.89 Å². The molecule has 1 heterocycles. The normalized spacial score (nSPS) is 11.7. The summed E-state index contributed by atoms with van der Waals surface area (Å²) in [6, 6.07) is 18.5. The molecule has 0 saturated carbocycles. The Labute approximate surface area is 214 Å². The Kier molecular flexibility index (Phi) is 10.9. The summed E-state index contributed by atoms with van der Waals surface area (Å²) in [7, 11) is 0. The molecule has 0 radical (unpaired) electrons. The van der Waals surface area contributed by atoms with E-state index in [4.69, 9.17) is 14.1 Å². The van der Waals surface area contributed by atoms with Gasteiger partial charge in [-0.2, -0.15) is 0 Å². The fourth-order valence-corrected chi connectivity index (χ4v) is 3.11. The lowest BCUT2D eigenvalue weighted by Crippen LogP contribution is -2.36. The maximum atomic E-state index is 5.94. The second kappa shape index (κ2) is 13.3. The molecule has 178 valence electrons. The van der Waals surface area contributed by atoms with E-state index in [0.717, 1.165) is 29.4 Å². The molecule has 1 aromatic heterocycles. The lowest BCUT2D eigenvalue weighted by atomic mass is 9.94. The van der Waals surface area contributed by atoms with Gasteiger partial charge in [-0.3, -0.25) is 0 Å². The first kappa shape index (κ1) is 26.9. The SMILES string of the molecule is CCNC(=NCc1ccccc1COCc1ccccc1)NCc1ncc(C(C)(C)C)o1.I. The summed E-state index contributed by atoms with van der Waals surface area (Å²) >= 11 is 0. The molecule has 2 aromatic carbocycles. The number of aliphatic imine (C=N–C) groups is 1. The first-order valence-electron chi connectivity index (χ1n) is 11.1. The molecule has 6 nitrogen and oxygen atoms in total. The minimum Gasteiger partial charge on any atom is -0.443 e. The van der Waals surface area contributed by atoms with E-state index in [1.54, 1.807) is 6.20 Å². The molecule has 0 atom stereocenters. The Morgan fingerprint density at radius 3 is 2.33 bits per heavy atom. The summed E-state index contributed by atoms with van der Waals surface area (Å²) in [6.07, 6.45) is 1.80. The van der Waals surface area contributed by atoms with Gasteiger partial charge in [0.05, 0.1) is 32.5 Å². The summed E-state index contributed by atoms with van der Waals surface area (Å²) < 4.78 is 11.8. The third-order valence-corrected chi connectivity index (χ3v) is 4.94. The molecular formula is C26H35IN4O2. The predicted octanol–water partition coefficient (Wildman–Crippen LogP) is 5.56. The molecule has 3 rings (SSSR count). The highest BCUT2D eigenvalue weighted by molar-refractivity contribution is 14.0. The van der Waals surface area contributed by atoms with Crippen LogP contribution in [0, 0.1) is 0 Å². The van der Waals surface area contributed by atoms with Crippen LogP contribution in [0.15, 0.2) is 70.2 Å². The summed E-state index contributed by atoms with van der Waals surface area (Å²) in [6.45, 7) is 11.3. The maximum Gasteiger partial charge on any atom is 0.213 e. The quantitative estimate of drug-likeness (QED) is 0.203. The second-order valence-electron chi connectivity index (χ2n) is 8.66. The van der Waals surface area contributed by atoms with Crippen LogP contribution < -0.4 is 10.6 Å².